The summed E-state index contributed by atoms with van der Waals surface area (Å²) in [6.07, 6.45) is 7.28. The highest BCUT2D eigenvalue weighted by Crippen LogP contribution is 2.35. The van der Waals surface area contributed by atoms with Crippen LogP contribution in [0, 0.1) is 0 Å². The molecule has 1 amide bonds. The Balaban J connectivity index is 1.48. The zero-order valence-electron chi connectivity index (χ0n) is 19.1. The topological polar surface area (TPSA) is 79.2 Å². The van der Waals surface area contributed by atoms with Crippen LogP contribution in [0.25, 0.3) is 11.0 Å². The van der Waals surface area contributed by atoms with Crippen molar-refractivity contribution in [1.29, 1.82) is 0 Å². The molecule has 0 radical (unpaired) electrons. The molecule has 8 heteroatoms. The van der Waals surface area contributed by atoms with E-state index >= 15 is 0 Å². The highest BCUT2D eigenvalue weighted by molar-refractivity contribution is 5.97. The lowest BCUT2D eigenvalue weighted by molar-refractivity contribution is 0.0815. The first-order valence-electron chi connectivity index (χ1n) is 11.6. The average molecular weight is 434 g/mol. The molecule has 0 atom stereocenters. The van der Waals surface area contributed by atoms with Crippen molar-refractivity contribution in [2.24, 2.45) is 0 Å². The summed E-state index contributed by atoms with van der Waals surface area (Å²) >= 11 is 0. The van der Waals surface area contributed by atoms with Crippen molar-refractivity contribution in [3.8, 4) is 0 Å². The Hall–Kier alpha value is -3.00. The molecule has 1 fully saturated rings. The van der Waals surface area contributed by atoms with Gasteiger partial charge in [-0.3, -0.25) is 9.69 Å². The lowest BCUT2D eigenvalue weighted by Gasteiger charge is -2.27. The van der Waals surface area contributed by atoms with Crippen LogP contribution in [0.2, 0.25) is 0 Å². The summed E-state index contributed by atoms with van der Waals surface area (Å²) in [5, 5.41) is 4.19. The maximum absolute atomic E-state index is 12.9. The summed E-state index contributed by atoms with van der Waals surface area (Å²) in [6.45, 7) is 5.26. The molecule has 0 spiro atoms. The fourth-order valence-corrected chi connectivity index (χ4v) is 4.92. The minimum Gasteiger partial charge on any atom is -0.343 e. The van der Waals surface area contributed by atoms with E-state index < -0.39 is 0 Å². The van der Waals surface area contributed by atoms with Gasteiger partial charge in [-0.2, -0.15) is 4.98 Å². The third-order valence-electron chi connectivity index (χ3n) is 6.71. The highest BCUT2D eigenvalue weighted by Gasteiger charge is 2.26. The Bertz CT molecular complexity index is 1150. The van der Waals surface area contributed by atoms with E-state index in [2.05, 4.69) is 32.8 Å². The summed E-state index contributed by atoms with van der Waals surface area (Å²) in [6, 6.07) is 6.39. The molecule has 8 nitrogen and oxygen atoms in total. The number of hydrogen-bond donors (Lipinski definition) is 1. The molecule has 0 saturated heterocycles. The second kappa shape index (κ2) is 8.50. The molecule has 2 aliphatic rings. The van der Waals surface area contributed by atoms with Crippen LogP contribution in [0.15, 0.2) is 24.4 Å². The number of amides is 1. The average Bonchev–Trinajstić information content (AvgIpc) is 3.45. The van der Waals surface area contributed by atoms with Crippen molar-refractivity contribution in [3.05, 3.63) is 41.3 Å². The van der Waals surface area contributed by atoms with Crippen LogP contribution in [-0.4, -0.2) is 62.4 Å². The minimum absolute atomic E-state index is 0.00175. The van der Waals surface area contributed by atoms with Gasteiger partial charge in [-0.1, -0.05) is 25.8 Å². The molecule has 1 aliphatic heterocycles. The number of carbonyl (C=O) groups is 1. The van der Waals surface area contributed by atoms with E-state index in [0.29, 0.717) is 17.7 Å². The van der Waals surface area contributed by atoms with E-state index in [0.717, 1.165) is 61.4 Å². The van der Waals surface area contributed by atoms with E-state index in [9.17, 15) is 4.79 Å². The van der Waals surface area contributed by atoms with Gasteiger partial charge in [0.2, 0.25) is 5.95 Å². The van der Waals surface area contributed by atoms with Crippen molar-refractivity contribution in [2.75, 3.05) is 32.5 Å². The molecule has 0 aromatic carbocycles. The van der Waals surface area contributed by atoms with E-state index in [1.54, 1.807) is 25.2 Å². The van der Waals surface area contributed by atoms with Gasteiger partial charge in [0.05, 0.1) is 0 Å². The fraction of sp³-hybridized carbons (Fsp3) is 0.500. The van der Waals surface area contributed by atoms with E-state index in [1.807, 2.05) is 12.1 Å². The predicted molar refractivity (Wildman–Crippen MR) is 125 cm³/mol. The van der Waals surface area contributed by atoms with Gasteiger partial charge in [0.15, 0.2) is 0 Å². The maximum atomic E-state index is 12.9. The summed E-state index contributed by atoms with van der Waals surface area (Å²) in [7, 11) is 3.58. The molecular formula is C24H31N7O. The molecule has 4 heterocycles. The zero-order valence-corrected chi connectivity index (χ0v) is 19.1. The summed E-state index contributed by atoms with van der Waals surface area (Å²) < 4.78 is 2.14. The van der Waals surface area contributed by atoms with Crippen LogP contribution >= 0.6 is 0 Å². The van der Waals surface area contributed by atoms with Gasteiger partial charge in [-0.15, -0.1) is 0 Å². The number of likely N-dealkylation sites (N-methyl/N-ethyl adjacent to an activating group) is 1. The number of nitrogens with one attached hydrogen (secondary N) is 1. The third-order valence-corrected chi connectivity index (χ3v) is 6.71. The van der Waals surface area contributed by atoms with E-state index in [4.69, 9.17) is 9.97 Å². The Labute approximate surface area is 188 Å². The standard InChI is InChI=1S/C24H31N7O/c1-4-30-12-11-19-16(15-30)9-10-21(26-19)27-24-25-14-17-13-20(23(32)29(2)3)31(22(17)28-24)18-7-5-6-8-18/h9-10,13-14,18H,4-8,11-12,15H2,1-3H3,(H,25,26,27,28). The van der Waals surface area contributed by atoms with Crippen LogP contribution in [0.4, 0.5) is 11.8 Å². The number of nitrogens with zero attached hydrogens (tertiary/aromatic N) is 6. The maximum Gasteiger partial charge on any atom is 0.270 e. The summed E-state index contributed by atoms with van der Waals surface area (Å²) in [5.41, 5.74) is 3.95. The van der Waals surface area contributed by atoms with Crippen LogP contribution in [0.3, 0.4) is 0 Å². The Morgan fingerprint density at radius 1 is 1.22 bits per heavy atom. The largest absolute Gasteiger partial charge is 0.343 e. The van der Waals surface area contributed by atoms with Crippen molar-refractivity contribution >= 4 is 28.7 Å². The van der Waals surface area contributed by atoms with Gasteiger partial charge in [-0.25, -0.2) is 9.97 Å². The summed E-state index contributed by atoms with van der Waals surface area (Å²) in [4.78, 5) is 31.1. The normalized spacial score (nSPS) is 17.0. The van der Waals surface area contributed by atoms with Crippen LogP contribution < -0.4 is 5.32 Å². The Morgan fingerprint density at radius 3 is 2.78 bits per heavy atom. The first-order chi connectivity index (χ1) is 15.5. The van der Waals surface area contributed by atoms with Crippen molar-refractivity contribution in [1.82, 2.24) is 29.3 Å². The lowest BCUT2D eigenvalue weighted by atomic mass is 10.1. The number of anilines is 2. The number of hydrogen-bond acceptors (Lipinski definition) is 6. The number of aromatic nitrogens is 4. The first-order valence-corrected chi connectivity index (χ1v) is 11.6. The molecule has 5 rings (SSSR count). The second-order valence-corrected chi connectivity index (χ2v) is 9.06. The van der Waals surface area contributed by atoms with E-state index in [-0.39, 0.29) is 5.91 Å². The SMILES string of the molecule is CCN1CCc2nc(Nc3ncc4cc(C(=O)N(C)C)n(C5CCCC5)c4n3)ccc2C1. The third kappa shape index (κ3) is 3.83. The quantitative estimate of drug-likeness (QED) is 0.660. The van der Waals surface area contributed by atoms with Crippen molar-refractivity contribution in [3.63, 3.8) is 0 Å². The smallest absolute Gasteiger partial charge is 0.270 e. The molecule has 1 aliphatic carbocycles. The lowest BCUT2D eigenvalue weighted by Crippen LogP contribution is -2.30. The number of fused-ring (bicyclic) bond motifs is 2. The first kappa shape index (κ1) is 20.9. The Kier molecular flexibility index (Phi) is 5.55. The molecule has 3 aromatic heterocycles. The number of carbonyl (C=O) groups excluding carboxylic acids is 1. The van der Waals surface area contributed by atoms with Gasteiger partial charge >= 0.3 is 0 Å². The minimum atomic E-state index is 0.00175. The zero-order chi connectivity index (χ0) is 22.2. The summed E-state index contributed by atoms with van der Waals surface area (Å²) in [5.74, 6) is 1.27. The van der Waals surface area contributed by atoms with Gasteiger partial charge < -0.3 is 14.8 Å². The van der Waals surface area contributed by atoms with Crippen LogP contribution in [-0.2, 0) is 13.0 Å². The molecule has 32 heavy (non-hydrogen) atoms. The van der Waals surface area contributed by atoms with Gasteiger partial charge in [0.25, 0.3) is 5.91 Å². The molecule has 0 bridgehead atoms. The molecule has 3 aromatic rings. The van der Waals surface area contributed by atoms with Gasteiger partial charge in [0, 0.05) is 56.9 Å². The molecule has 1 N–H and O–H groups in total. The van der Waals surface area contributed by atoms with Crippen LogP contribution in [0.5, 0.6) is 0 Å². The van der Waals surface area contributed by atoms with Gasteiger partial charge in [-0.05, 0) is 37.1 Å². The predicted octanol–water partition coefficient (Wildman–Crippen LogP) is 3.76. The molecule has 0 unspecified atom stereocenters. The number of rotatable bonds is 5. The Morgan fingerprint density at radius 2 is 2.03 bits per heavy atom. The second-order valence-electron chi connectivity index (χ2n) is 9.06. The van der Waals surface area contributed by atoms with Crippen molar-refractivity contribution in [2.45, 2.75) is 51.6 Å². The molecule has 1 saturated carbocycles. The van der Waals surface area contributed by atoms with E-state index in [1.165, 1.54) is 18.4 Å². The number of pyridine rings is 1. The van der Waals surface area contributed by atoms with Gasteiger partial charge in [0.1, 0.15) is 17.2 Å². The van der Waals surface area contributed by atoms with Crippen LogP contribution in [0.1, 0.15) is 60.4 Å². The fourth-order valence-electron chi connectivity index (χ4n) is 4.92. The molecule has 168 valence electrons. The van der Waals surface area contributed by atoms with Crippen molar-refractivity contribution < 1.29 is 4.79 Å². The molecular weight excluding hydrogens is 402 g/mol. The monoisotopic (exact) mass is 433 g/mol. The highest BCUT2D eigenvalue weighted by atomic mass is 16.2.